The molecule has 8 nitrogen and oxygen atoms in total. The number of anilines is 1. The Hall–Kier alpha value is -2.27. The first-order valence-electron chi connectivity index (χ1n) is 11.0. The lowest BCUT2D eigenvalue weighted by Crippen LogP contribution is -2.40. The Morgan fingerprint density at radius 2 is 1.91 bits per heavy atom. The number of ether oxygens (including phenoxy) is 1. The summed E-state index contributed by atoms with van der Waals surface area (Å²) < 4.78 is 35.5. The molecule has 3 aromatic rings. The smallest absolute Gasteiger partial charge is 0.276 e. The summed E-state index contributed by atoms with van der Waals surface area (Å²) in [4.78, 5) is 20.2. The number of aryl methyl sites for hydroxylation is 3. The van der Waals surface area contributed by atoms with E-state index in [1.54, 1.807) is 16.5 Å². The van der Waals surface area contributed by atoms with Gasteiger partial charge in [0.05, 0.1) is 23.4 Å². The lowest BCUT2D eigenvalue weighted by atomic mass is 10.1. The Morgan fingerprint density at radius 3 is 2.58 bits per heavy atom. The third-order valence-electron chi connectivity index (χ3n) is 5.64. The van der Waals surface area contributed by atoms with Crippen LogP contribution in [0.3, 0.4) is 0 Å². The minimum Gasteiger partial charge on any atom is -0.379 e. The number of rotatable bonds is 6. The topological polar surface area (TPSA) is 84.7 Å². The standard InChI is InChI=1S/C23H30N4O4S2/c1-15(2)13-27(23-24-19-11-16(3)10-17(4)21(19)32-23)22(28)20-12-18(14-25(20)5)33(29,30)26-6-8-31-9-7-26/h10-12,14-15H,6-9,13H2,1-5H3. The van der Waals surface area contributed by atoms with Gasteiger partial charge in [-0.25, -0.2) is 13.4 Å². The Kier molecular flexibility index (Phi) is 6.63. The van der Waals surface area contributed by atoms with Crippen LogP contribution in [0.2, 0.25) is 0 Å². The van der Waals surface area contributed by atoms with Crippen LogP contribution < -0.4 is 4.90 Å². The number of hydrogen-bond donors (Lipinski definition) is 0. The van der Waals surface area contributed by atoms with Crippen molar-refractivity contribution in [3.8, 4) is 0 Å². The molecule has 1 fully saturated rings. The molecule has 3 heterocycles. The number of sulfonamides is 1. The van der Waals surface area contributed by atoms with E-state index in [0.717, 1.165) is 21.3 Å². The molecule has 10 heteroatoms. The number of morpholine rings is 1. The molecule has 2 aromatic heterocycles. The van der Waals surface area contributed by atoms with Gasteiger partial charge in [0, 0.05) is 32.9 Å². The fourth-order valence-corrected chi connectivity index (χ4v) is 6.56. The van der Waals surface area contributed by atoms with Crippen molar-refractivity contribution in [2.45, 2.75) is 32.6 Å². The second-order valence-corrected chi connectivity index (χ2v) is 11.8. The van der Waals surface area contributed by atoms with E-state index >= 15 is 0 Å². The van der Waals surface area contributed by atoms with Crippen molar-refractivity contribution >= 4 is 42.6 Å². The third kappa shape index (κ3) is 4.70. The van der Waals surface area contributed by atoms with Crippen LogP contribution in [0.25, 0.3) is 10.2 Å². The van der Waals surface area contributed by atoms with Crippen LogP contribution in [-0.4, -0.2) is 61.0 Å². The molecule has 33 heavy (non-hydrogen) atoms. The normalized spacial score (nSPS) is 15.5. The summed E-state index contributed by atoms with van der Waals surface area (Å²) >= 11 is 1.49. The monoisotopic (exact) mass is 490 g/mol. The zero-order valence-electron chi connectivity index (χ0n) is 19.7. The van der Waals surface area contributed by atoms with Crippen LogP contribution in [0.15, 0.2) is 29.3 Å². The molecule has 0 aliphatic carbocycles. The van der Waals surface area contributed by atoms with E-state index in [-0.39, 0.29) is 16.7 Å². The summed E-state index contributed by atoms with van der Waals surface area (Å²) in [6.07, 6.45) is 1.51. The van der Waals surface area contributed by atoms with Gasteiger partial charge in [0.15, 0.2) is 5.13 Å². The molecule has 4 rings (SSSR count). The number of benzene rings is 1. The van der Waals surface area contributed by atoms with Gasteiger partial charge in [0.2, 0.25) is 10.0 Å². The van der Waals surface area contributed by atoms with Crippen LogP contribution in [0.1, 0.15) is 35.5 Å². The van der Waals surface area contributed by atoms with Gasteiger partial charge in [0.1, 0.15) is 10.6 Å². The fraction of sp³-hybridized carbons (Fsp3) is 0.478. The van der Waals surface area contributed by atoms with E-state index < -0.39 is 10.0 Å². The van der Waals surface area contributed by atoms with Gasteiger partial charge < -0.3 is 9.30 Å². The Balaban J connectivity index is 1.71. The van der Waals surface area contributed by atoms with Crippen molar-refractivity contribution in [2.75, 3.05) is 37.7 Å². The van der Waals surface area contributed by atoms with Crippen molar-refractivity contribution in [1.82, 2.24) is 13.9 Å². The van der Waals surface area contributed by atoms with Crippen molar-refractivity contribution in [2.24, 2.45) is 13.0 Å². The van der Waals surface area contributed by atoms with Crippen molar-refractivity contribution < 1.29 is 17.9 Å². The SMILES string of the molecule is Cc1cc(C)c2sc(N(CC(C)C)C(=O)c3cc(S(=O)(=O)N4CCOCC4)cn3C)nc2c1. The first kappa shape index (κ1) is 23.9. The van der Waals surface area contributed by atoms with Crippen LogP contribution in [0.5, 0.6) is 0 Å². The van der Waals surface area contributed by atoms with Crippen LogP contribution in [0, 0.1) is 19.8 Å². The summed E-state index contributed by atoms with van der Waals surface area (Å²) in [6.45, 7) is 10.0. The Labute approximate surface area is 198 Å². The summed E-state index contributed by atoms with van der Waals surface area (Å²) in [5, 5.41) is 0.621. The van der Waals surface area contributed by atoms with Gasteiger partial charge in [-0.3, -0.25) is 9.69 Å². The van der Waals surface area contributed by atoms with Gasteiger partial charge in [-0.2, -0.15) is 4.31 Å². The van der Waals surface area contributed by atoms with Crippen LogP contribution >= 0.6 is 11.3 Å². The molecular weight excluding hydrogens is 460 g/mol. The fourth-order valence-electron chi connectivity index (χ4n) is 4.06. The molecule has 0 atom stereocenters. The number of amides is 1. The van der Waals surface area contributed by atoms with E-state index in [0.29, 0.717) is 43.7 Å². The number of hydrogen-bond acceptors (Lipinski definition) is 6. The van der Waals surface area contributed by atoms with E-state index in [9.17, 15) is 13.2 Å². The summed E-state index contributed by atoms with van der Waals surface area (Å²) in [5.74, 6) is -0.0522. The Bertz CT molecular complexity index is 1290. The first-order chi connectivity index (χ1) is 15.6. The van der Waals surface area contributed by atoms with Crippen molar-refractivity contribution in [1.29, 1.82) is 0 Å². The maximum atomic E-state index is 13.7. The summed E-state index contributed by atoms with van der Waals surface area (Å²) in [5.41, 5.74) is 3.44. The minimum atomic E-state index is -3.69. The predicted octanol–water partition coefficient (Wildman–Crippen LogP) is 3.58. The highest BCUT2D eigenvalue weighted by atomic mass is 32.2. The number of carbonyl (C=O) groups is 1. The molecule has 0 bridgehead atoms. The summed E-state index contributed by atoms with van der Waals surface area (Å²) in [6, 6.07) is 5.61. The molecule has 0 unspecified atom stereocenters. The maximum Gasteiger partial charge on any atom is 0.276 e. The van der Waals surface area contributed by atoms with Crippen LogP contribution in [0.4, 0.5) is 5.13 Å². The average Bonchev–Trinajstić information content (AvgIpc) is 3.36. The molecule has 1 aliphatic heterocycles. The minimum absolute atomic E-state index is 0.121. The maximum absolute atomic E-state index is 13.7. The zero-order valence-corrected chi connectivity index (χ0v) is 21.3. The van der Waals surface area contributed by atoms with Gasteiger partial charge in [-0.1, -0.05) is 31.3 Å². The van der Waals surface area contributed by atoms with E-state index in [1.165, 1.54) is 27.9 Å². The number of aromatic nitrogens is 2. The van der Waals surface area contributed by atoms with Crippen LogP contribution in [-0.2, 0) is 21.8 Å². The lowest BCUT2D eigenvalue weighted by Gasteiger charge is -2.25. The molecule has 1 aliphatic rings. The second kappa shape index (κ2) is 9.17. The second-order valence-electron chi connectivity index (χ2n) is 8.92. The third-order valence-corrected chi connectivity index (χ3v) is 8.73. The van der Waals surface area contributed by atoms with Gasteiger partial charge >= 0.3 is 0 Å². The molecule has 1 aromatic carbocycles. The Morgan fingerprint density at radius 1 is 1.21 bits per heavy atom. The molecule has 1 amide bonds. The van der Waals surface area contributed by atoms with Crippen molar-refractivity contribution in [3.63, 3.8) is 0 Å². The molecule has 1 saturated heterocycles. The summed E-state index contributed by atoms with van der Waals surface area (Å²) in [7, 11) is -1.99. The van der Waals surface area contributed by atoms with Gasteiger partial charge in [-0.15, -0.1) is 0 Å². The molecule has 0 N–H and O–H groups in total. The highest BCUT2D eigenvalue weighted by Gasteiger charge is 2.31. The number of fused-ring (bicyclic) bond motifs is 1. The van der Waals surface area contributed by atoms with Crippen molar-refractivity contribution in [3.05, 3.63) is 41.2 Å². The first-order valence-corrected chi connectivity index (χ1v) is 13.3. The quantitative estimate of drug-likeness (QED) is 0.527. The highest BCUT2D eigenvalue weighted by Crippen LogP contribution is 2.33. The highest BCUT2D eigenvalue weighted by molar-refractivity contribution is 7.89. The molecular formula is C23H30N4O4S2. The van der Waals surface area contributed by atoms with E-state index in [4.69, 9.17) is 9.72 Å². The largest absolute Gasteiger partial charge is 0.379 e. The molecule has 178 valence electrons. The lowest BCUT2D eigenvalue weighted by molar-refractivity contribution is 0.0730. The van der Waals surface area contributed by atoms with Gasteiger partial charge in [0.25, 0.3) is 5.91 Å². The number of nitrogens with zero attached hydrogens (tertiary/aromatic N) is 4. The molecule has 0 radical (unpaired) electrons. The number of carbonyl (C=O) groups excluding carboxylic acids is 1. The average molecular weight is 491 g/mol. The zero-order chi connectivity index (χ0) is 23.9. The number of thiazole rings is 1. The van der Waals surface area contributed by atoms with E-state index in [1.807, 2.05) is 33.8 Å². The molecule has 0 saturated carbocycles. The van der Waals surface area contributed by atoms with E-state index in [2.05, 4.69) is 6.07 Å². The predicted molar refractivity (Wildman–Crippen MR) is 131 cm³/mol. The van der Waals surface area contributed by atoms with Gasteiger partial charge in [-0.05, 0) is 43.0 Å². The molecule has 0 spiro atoms.